The van der Waals surface area contributed by atoms with E-state index in [1.165, 1.54) is 6.42 Å². The van der Waals surface area contributed by atoms with Crippen molar-refractivity contribution in [1.82, 2.24) is 19.4 Å². The largest absolute Gasteiger partial charge is 0.374 e. The van der Waals surface area contributed by atoms with Crippen LogP contribution < -0.4 is 0 Å². The molecule has 0 unspecified atom stereocenters. The zero-order valence-electron chi connectivity index (χ0n) is 14.8. The molecule has 0 N–H and O–H groups in total. The van der Waals surface area contributed by atoms with Crippen LogP contribution in [0.3, 0.4) is 0 Å². The lowest BCUT2D eigenvalue weighted by Gasteiger charge is -2.35. The number of aryl methyl sites for hydroxylation is 1. The molecule has 2 aliphatic rings. The van der Waals surface area contributed by atoms with Crippen molar-refractivity contribution in [2.24, 2.45) is 7.05 Å². The molecule has 0 bridgehead atoms. The van der Waals surface area contributed by atoms with Gasteiger partial charge in [-0.1, -0.05) is 6.07 Å². The summed E-state index contributed by atoms with van der Waals surface area (Å²) >= 11 is 0. The summed E-state index contributed by atoms with van der Waals surface area (Å²) in [6, 6.07) is 4.50. The highest BCUT2D eigenvalue weighted by Crippen LogP contribution is 2.32. The van der Waals surface area contributed by atoms with E-state index in [4.69, 9.17) is 9.47 Å². The summed E-state index contributed by atoms with van der Waals surface area (Å²) < 4.78 is 14.3. The molecule has 3 atom stereocenters. The highest BCUT2D eigenvalue weighted by atomic mass is 16.5. The number of rotatable bonds is 6. The molecule has 2 aliphatic heterocycles. The summed E-state index contributed by atoms with van der Waals surface area (Å²) in [6.07, 6.45) is 11.4. The minimum absolute atomic E-state index is 0.214. The zero-order valence-corrected chi connectivity index (χ0v) is 14.8. The van der Waals surface area contributed by atoms with Crippen molar-refractivity contribution in [2.75, 3.05) is 13.2 Å². The highest BCUT2D eigenvalue weighted by Gasteiger charge is 2.40. The van der Waals surface area contributed by atoms with Gasteiger partial charge in [-0.05, 0) is 30.9 Å². The van der Waals surface area contributed by atoms with Crippen molar-refractivity contribution in [1.29, 1.82) is 0 Å². The van der Waals surface area contributed by atoms with Gasteiger partial charge in [0.15, 0.2) is 0 Å². The molecular formula is C19H26N4O2. The molecule has 6 nitrogen and oxygen atoms in total. The van der Waals surface area contributed by atoms with Crippen LogP contribution in [0, 0.1) is 0 Å². The average molecular weight is 342 g/mol. The van der Waals surface area contributed by atoms with Crippen LogP contribution in [-0.2, 0) is 29.7 Å². The lowest BCUT2D eigenvalue weighted by atomic mass is 9.99. The first-order valence-electron chi connectivity index (χ1n) is 9.12. The van der Waals surface area contributed by atoms with Crippen LogP contribution in [0.15, 0.2) is 36.9 Å². The van der Waals surface area contributed by atoms with Gasteiger partial charge in [-0.25, -0.2) is 4.98 Å². The molecule has 0 spiro atoms. The molecule has 2 fully saturated rings. The van der Waals surface area contributed by atoms with Gasteiger partial charge in [-0.15, -0.1) is 0 Å². The number of imidazole rings is 1. The molecule has 4 heterocycles. The number of hydrogen-bond acceptors (Lipinski definition) is 5. The summed E-state index contributed by atoms with van der Waals surface area (Å²) in [4.78, 5) is 11.1. The van der Waals surface area contributed by atoms with E-state index in [1.807, 2.05) is 30.7 Å². The molecule has 4 rings (SSSR count). The van der Waals surface area contributed by atoms with Crippen LogP contribution in [0.2, 0.25) is 0 Å². The molecule has 2 aromatic rings. The van der Waals surface area contributed by atoms with Gasteiger partial charge in [0.25, 0.3) is 0 Å². The third-order valence-corrected chi connectivity index (χ3v) is 5.31. The van der Waals surface area contributed by atoms with Crippen LogP contribution in [-0.4, -0.2) is 50.8 Å². The van der Waals surface area contributed by atoms with E-state index in [0.29, 0.717) is 25.4 Å². The Balaban J connectivity index is 1.25. The second-order valence-corrected chi connectivity index (χ2v) is 7.03. The minimum atomic E-state index is 0.214. The lowest BCUT2D eigenvalue weighted by Crippen LogP contribution is -2.43. The Morgan fingerprint density at radius 3 is 3.04 bits per heavy atom. The first-order valence-corrected chi connectivity index (χ1v) is 9.12. The number of hydrogen-bond donors (Lipinski definition) is 0. The molecule has 0 aliphatic carbocycles. The van der Waals surface area contributed by atoms with Crippen molar-refractivity contribution < 1.29 is 9.47 Å². The van der Waals surface area contributed by atoms with E-state index in [-0.39, 0.29) is 6.10 Å². The Morgan fingerprint density at radius 2 is 2.24 bits per heavy atom. The SMILES string of the molecule is Cn1ccnc1CN1CC[C@@H]2O[C@@H](COCc3cccnc3)CC[C@@H]21. The van der Waals surface area contributed by atoms with E-state index in [0.717, 1.165) is 37.3 Å². The monoisotopic (exact) mass is 342 g/mol. The van der Waals surface area contributed by atoms with Crippen molar-refractivity contribution in [3.05, 3.63) is 48.3 Å². The summed E-state index contributed by atoms with van der Waals surface area (Å²) in [5.74, 6) is 1.13. The Morgan fingerprint density at radius 1 is 1.28 bits per heavy atom. The van der Waals surface area contributed by atoms with Gasteiger partial charge in [-0.3, -0.25) is 9.88 Å². The van der Waals surface area contributed by atoms with Crippen LogP contribution in [0.4, 0.5) is 0 Å². The summed E-state index contributed by atoms with van der Waals surface area (Å²) in [5.41, 5.74) is 1.11. The van der Waals surface area contributed by atoms with Crippen molar-refractivity contribution in [2.45, 2.75) is 50.7 Å². The molecule has 2 saturated heterocycles. The Kier molecular flexibility index (Phi) is 5.10. The minimum Gasteiger partial charge on any atom is -0.374 e. The number of ether oxygens (including phenoxy) is 2. The quantitative estimate of drug-likeness (QED) is 0.805. The van der Waals surface area contributed by atoms with Gasteiger partial charge in [0.2, 0.25) is 0 Å². The summed E-state index contributed by atoms with van der Waals surface area (Å²) in [6.45, 7) is 3.27. The zero-order chi connectivity index (χ0) is 17.1. The number of likely N-dealkylation sites (tertiary alicyclic amines) is 1. The van der Waals surface area contributed by atoms with Gasteiger partial charge in [0.1, 0.15) is 5.82 Å². The Hall–Kier alpha value is -1.76. The number of pyridine rings is 1. The molecular weight excluding hydrogens is 316 g/mol. The predicted molar refractivity (Wildman–Crippen MR) is 93.8 cm³/mol. The molecule has 25 heavy (non-hydrogen) atoms. The van der Waals surface area contributed by atoms with E-state index in [9.17, 15) is 0 Å². The maximum atomic E-state index is 6.32. The van der Waals surface area contributed by atoms with E-state index in [1.54, 1.807) is 6.20 Å². The second-order valence-electron chi connectivity index (χ2n) is 7.03. The Bertz CT molecular complexity index is 675. The molecule has 0 amide bonds. The van der Waals surface area contributed by atoms with Crippen LogP contribution in [0.25, 0.3) is 0 Å². The van der Waals surface area contributed by atoms with Gasteiger partial charge in [-0.2, -0.15) is 0 Å². The number of fused-ring (bicyclic) bond motifs is 1. The highest BCUT2D eigenvalue weighted by molar-refractivity contribution is 5.06. The summed E-state index contributed by atoms with van der Waals surface area (Å²) in [7, 11) is 2.06. The fourth-order valence-corrected chi connectivity index (χ4v) is 3.93. The molecule has 0 saturated carbocycles. The lowest BCUT2D eigenvalue weighted by molar-refractivity contribution is -0.102. The third kappa shape index (κ3) is 3.92. The second kappa shape index (κ2) is 7.64. The van der Waals surface area contributed by atoms with Crippen LogP contribution in [0.5, 0.6) is 0 Å². The summed E-state index contributed by atoms with van der Waals surface area (Å²) in [5, 5.41) is 0. The maximum Gasteiger partial charge on any atom is 0.122 e. The van der Waals surface area contributed by atoms with E-state index < -0.39 is 0 Å². The van der Waals surface area contributed by atoms with E-state index in [2.05, 4.69) is 26.5 Å². The number of aromatic nitrogens is 3. The molecule has 2 aromatic heterocycles. The van der Waals surface area contributed by atoms with Gasteiger partial charge in [0, 0.05) is 44.4 Å². The topological polar surface area (TPSA) is 52.4 Å². The van der Waals surface area contributed by atoms with Gasteiger partial charge < -0.3 is 14.0 Å². The molecule has 134 valence electrons. The molecule has 6 heteroatoms. The maximum absolute atomic E-state index is 6.32. The van der Waals surface area contributed by atoms with Gasteiger partial charge >= 0.3 is 0 Å². The fraction of sp³-hybridized carbons (Fsp3) is 0.579. The van der Waals surface area contributed by atoms with Crippen LogP contribution in [0.1, 0.15) is 30.7 Å². The average Bonchev–Trinajstić information content (AvgIpc) is 3.23. The molecule has 0 aromatic carbocycles. The first kappa shape index (κ1) is 16.7. The van der Waals surface area contributed by atoms with E-state index >= 15 is 0 Å². The predicted octanol–water partition coefficient (Wildman–Crippen LogP) is 2.15. The Labute approximate surface area is 148 Å². The van der Waals surface area contributed by atoms with Crippen molar-refractivity contribution in [3.63, 3.8) is 0 Å². The van der Waals surface area contributed by atoms with Crippen molar-refractivity contribution >= 4 is 0 Å². The van der Waals surface area contributed by atoms with Crippen LogP contribution >= 0.6 is 0 Å². The normalized spacial score (nSPS) is 26.7. The smallest absolute Gasteiger partial charge is 0.122 e. The van der Waals surface area contributed by atoms with Crippen molar-refractivity contribution in [3.8, 4) is 0 Å². The number of nitrogens with zero attached hydrogens (tertiary/aromatic N) is 4. The first-order chi connectivity index (χ1) is 12.3. The standard InChI is InChI=1S/C19H26N4O2/c1-22-10-8-21-19(22)12-23-9-6-18-17(23)5-4-16(25-18)14-24-13-15-3-2-7-20-11-15/h2-3,7-8,10-11,16-18H,4-6,9,12-14H2,1H3/t16-,17+,18+/m1/s1. The van der Waals surface area contributed by atoms with Gasteiger partial charge in [0.05, 0.1) is 32.0 Å². The third-order valence-electron chi connectivity index (χ3n) is 5.31. The molecule has 0 radical (unpaired) electrons. The fourth-order valence-electron chi connectivity index (χ4n) is 3.93.